The number of ether oxygens (including phenoxy) is 1. The van der Waals surface area contributed by atoms with E-state index < -0.39 is 6.36 Å². The largest absolute Gasteiger partial charge is 0.573 e. The average Bonchev–Trinajstić information content (AvgIpc) is 3.33. The number of benzene rings is 2. The Morgan fingerprint density at radius 3 is 2.71 bits per heavy atom. The van der Waals surface area contributed by atoms with E-state index in [1.807, 2.05) is 17.7 Å². The maximum atomic E-state index is 12.7. The van der Waals surface area contributed by atoms with Crippen molar-refractivity contribution in [2.75, 3.05) is 18.4 Å². The summed E-state index contributed by atoms with van der Waals surface area (Å²) in [5.74, 6) is 0.0713. The number of amides is 1. The molecule has 8 nitrogen and oxygen atoms in total. The second-order valence-electron chi connectivity index (χ2n) is 8.02. The summed E-state index contributed by atoms with van der Waals surface area (Å²) in [6.07, 6.45) is -2.95. The number of imidazole rings is 1. The van der Waals surface area contributed by atoms with E-state index in [1.54, 1.807) is 12.1 Å². The van der Waals surface area contributed by atoms with Gasteiger partial charge < -0.3 is 25.3 Å². The molecule has 5 rings (SSSR count). The summed E-state index contributed by atoms with van der Waals surface area (Å²) in [5, 5.41) is 9.95. The number of carbonyl (C=O) groups excluding carboxylic acids is 1. The lowest BCUT2D eigenvalue weighted by atomic mass is 10.1. The summed E-state index contributed by atoms with van der Waals surface area (Å²) in [7, 11) is 1.83. The Labute approximate surface area is 196 Å². The number of nitrogens with one attached hydrogen (secondary N) is 3. The van der Waals surface area contributed by atoms with E-state index in [4.69, 9.17) is 0 Å². The molecule has 2 aromatic heterocycles. The van der Waals surface area contributed by atoms with Crippen LogP contribution < -0.4 is 20.7 Å². The summed E-state index contributed by atoms with van der Waals surface area (Å²) in [6.45, 7) is 1.78. The minimum atomic E-state index is -4.75. The number of halogens is 3. The zero-order chi connectivity index (χ0) is 23.9. The van der Waals surface area contributed by atoms with Gasteiger partial charge in [-0.25, -0.2) is 9.97 Å². The lowest BCUT2D eigenvalue weighted by molar-refractivity contribution is -0.274. The first-order valence-electron chi connectivity index (χ1n) is 10.7. The molecule has 0 bridgehead atoms. The fraction of sp³-hybridized carbons (Fsp3) is 0.318. The van der Waals surface area contributed by atoms with Crippen LogP contribution in [0.4, 0.5) is 24.3 Å². The Morgan fingerprint density at radius 1 is 1.15 bits per heavy atom. The fourth-order valence-electron chi connectivity index (χ4n) is 3.94. The second kappa shape index (κ2) is 8.76. The zero-order valence-electron chi connectivity index (χ0n) is 18.1. The second-order valence-corrected chi connectivity index (χ2v) is 9.05. The van der Waals surface area contributed by atoms with Crippen LogP contribution in [0.5, 0.6) is 5.75 Å². The van der Waals surface area contributed by atoms with Crippen LogP contribution in [0.15, 0.2) is 36.4 Å². The monoisotopic (exact) mass is 490 g/mol. The van der Waals surface area contributed by atoms with Gasteiger partial charge in [0.05, 0.1) is 21.3 Å². The molecule has 0 unspecified atom stereocenters. The van der Waals surface area contributed by atoms with E-state index in [0.717, 1.165) is 31.4 Å². The number of aryl methyl sites for hydroxylation is 1. The molecule has 3 heterocycles. The Balaban J connectivity index is 1.36. The molecule has 0 radical (unpaired) electrons. The van der Waals surface area contributed by atoms with Crippen molar-refractivity contribution in [2.45, 2.75) is 25.2 Å². The van der Waals surface area contributed by atoms with Gasteiger partial charge >= 0.3 is 6.36 Å². The van der Waals surface area contributed by atoms with E-state index >= 15 is 0 Å². The summed E-state index contributed by atoms with van der Waals surface area (Å²) >= 11 is 1.19. The molecule has 1 amide bonds. The first-order chi connectivity index (χ1) is 16.2. The lowest BCUT2D eigenvalue weighted by Gasteiger charge is -2.23. The van der Waals surface area contributed by atoms with Crippen molar-refractivity contribution in [3.63, 3.8) is 0 Å². The van der Waals surface area contributed by atoms with Crippen LogP contribution in [0.1, 0.15) is 23.2 Å². The van der Waals surface area contributed by atoms with Crippen molar-refractivity contribution in [1.29, 1.82) is 0 Å². The molecule has 0 spiro atoms. The van der Waals surface area contributed by atoms with Gasteiger partial charge in [-0.3, -0.25) is 4.79 Å². The van der Waals surface area contributed by atoms with Gasteiger partial charge in [0, 0.05) is 24.7 Å². The standard InChI is InChI=1S/C22H21F3N6O2S/c1-31-17-5-2-12(19(32)27-13-6-8-26-9-7-13)10-16(17)28-20(31)30-21-29-15-4-3-14(11-18(15)34-21)33-22(23,24)25/h2-5,10-11,13,26H,6-9H2,1H3,(H,27,32)(H,28,29,30). The van der Waals surface area contributed by atoms with Gasteiger partial charge in [-0.2, -0.15) is 0 Å². The molecule has 4 aromatic rings. The van der Waals surface area contributed by atoms with Gasteiger partial charge in [0.15, 0.2) is 5.13 Å². The number of nitrogens with zero attached hydrogens (tertiary/aromatic N) is 3. The first-order valence-corrected chi connectivity index (χ1v) is 11.5. The molecule has 1 aliphatic rings. The number of thiazole rings is 1. The topological polar surface area (TPSA) is 93.1 Å². The number of anilines is 2. The number of alkyl halides is 3. The van der Waals surface area contributed by atoms with E-state index in [0.29, 0.717) is 32.4 Å². The van der Waals surface area contributed by atoms with Crippen LogP contribution in [0.3, 0.4) is 0 Å². The highest BCUT2D eigenvalue weighted by atomic mass is 32.1. The quantitative estimate of drug-likeness (QED) is 0.386. The third-order valence-corrected chi connectivity index (χ3v) is 6.56. The summed E-state index contributed by atoms with van der Waals surface area (Å²) in [6, 6.07) is 9.51. The number of fused-ring (bicyclic) bond motifs is 2. The van der Waals surface area contributed by atoms with Gasteiger partial charge in [-0.1, -0.05) is 11.3 Å². The predicted molar refractivity (Wildman–Crippen MR) is 124 cm³/mol. The summed E-state index contributed by atoms with van der Waals surface area (Å²) in [5.41, 5.74) is 2.54. The molecule has 34 heavy (non-hydrogen) atoms. The zero-order valence-corrected chi connectivity index (χ0v) is 18.9. The van der Waals surface area contributed by atoms with Gasteiger partial charge in [-0.05, 0) is 56.3 Å². The van der Waals surface area contributed by atoms with Crippen molar-refractivity contribution in [3.05, 3.63) is 42.0 Å². The molecule has 0 atom stereocenters. The van der Waals surface area contributed by atoms with Crippen molar-refractivity contribution in [1.82, 2.24) is 25.2 Å². The highest BCUT2D eigenvalue weighted by Crippen LogP contribution is 2.33. The van der Waals surface area contributed by atoms with Crippen LogP contribution >= 0.6 is 11.3 Å². The predicted octanol–water partition coefficient (Wildman–Crippen LogP) is 4.31. The lowest BCUT2D eigenvalue weighted by Crippen LogP contribution is -2.42. The minimum absolute atomic E-state index is 0.128. The van der Waals surface area contributed by atoms with Crippen LogP contribution in [-0.4, -0.2) is 45.9 Å². The van der Waals surface area contributed by atoms with E-state index in [-0.39, 0.29) is 17.7 Å². The third-order valence-electron chi connectivity index (χ3n) is 5.63. The Hall–Kier alpha value is -3.38. The average molecular weight is 491 g/mol. The van der Waals surface area contributed by atoms with Gasteiger partial charge in [0.1, 0.15) is 5.75 Å². The molecule has 12 heteroatoms. The molecule has 0 saturated carbocycles. The minimum Gasteiger partial charge on any atom is -0.406 e. The van der Waals surface area contributed by atoms with Crippen molar-refractivity contribution >= 4 is 49.6 Å². The van der Waals surface area contributed by atoms with Crippen LogP contribution in [0.2, 0.25) is 0 Å². The highest BCUT2D eigenvalue weighted by Gasteiger charge is 2.31. The third kappa shape index (κ3) is 4.77. The Morgan fingerprint density at radius 2 is 1.94 bits per heavy atom. The number of aromatic nitrogens is 3. The molecular formula is C22H21F3N6O2S. The Kier molecular flexibility index (Phi) is 5.78. The van der Waals surface area contributed by atoms with Gasteiger partial charge in [-0.15, -0.1) is 13.2 Å². The molecular weight excluding hydrogens is 469 g/mol. The van der Waals surface area contributed by atoms with E-state index in [2.05, 4.69) is 30.7 Å². The van der Waals surface area contributed by atoms with Crippen LogP contribution in [0.25, 0.3) is 21.3 Å². The highest BCUT2D eigenvalue weighted by molar-refractivity contribution is 7.22. The molecule has 2 aromatic carbocycles. The SMILES string of the molecule is Cn1c(Nc2nc3ccc(OC(F)(F)F)cc3s2)nc2cc(C(=O)NC3CCNCC3)ccc21. The van der Waals surface area contributed by atoms with E-state index in [9.17, 15) is 18.0 Å². The summed E-state index contributed by atoms with van der Waals surface area (Å²) in [4.78, 5) is 21.7. The number of rotatable bonds is 5. The first kappa shape index (κ1) is 22.4. The number of piperidine rings is 1. The fourth-order valence-corrected chi connectivity index (χ4v) is 4.83. The number of carbonyl (C=O) groups is 1. The molecule has 1 aliphatic heterocycles. The van der Waals surface area contributed by atoms with E-state index in [1.165, 1.54) is 29.5 Å². The molecule has 3 N–H and O–H groups in total. The molecule has 1 fully saturated rings. The normalized spacial score (nSPS) is 15.1. The van der Waals surface area contributed by atoms with Crippen molar-refractivity contribution < 1.29 is 22.7 Å². The van der Waals surface area contributed by atoms with Gasteiger partial charge in [0.25, 0.3) is 5.91 Å². The molecule has 1 saturated heterocycles. The number of hydrogen-bond donors (Lipinski definition) is 3. The molecule has 178 valence electrons. The molecule has 0 aliphatic carbocycles. The number of hydrogen-bond acceptors (Lipinski definition) is 7. The smallest absolute Gasteiger partial charge is 0.406 e. The maximum absolute atomic E-state index is 12.7. The van der Waals surface area contributed by atoms with Crippen molar-refractivity contribution in [2.24, 2.45) is 7.05 Å². The van der Waals surface area contributed by atoms with Crippen LogP contribution in [-0.2, 0) is 7.05 Å². The Bertz CT molecular complexity index is 1360. The summed E-state index contributed by atoms with van der Waals surface area (Å²) < 4.78 is 43.8. The van der Waals surface area contributed by atoms with Gasteiger partial charge in [0.2, 0.25) is 5.95 Å². The van der Waals surface area contributed by atoms with Crippen molar-refractivity contribution in [3.8, 4) is 5.75 Å². The maximum Gasteiger partial charge on any atom is 0.573 e. The van der Waals surface area contributed by atoms with Crippen LogP contribution in [0, 0.1) is 0 Å².